The van der Waals surface area contributed by atoms with Crippen LogP contribution in [0.4, 0.5) is 0 Å². The van der Waals surface area contributed by atoms with Gasteiger partial charge in [-0.15, -0.1) is 0 Å². The van der Waals surface area contributed by atoms with Crippen molar-refractivity contribution in [2.45, 2.75) is 85.2 Å². The zero-order valence-corrected chi connectivity index (χ0v) is 19.3. The second kappa shape index (κ2) is 8.11. The summed E-state index contributed by atoms with van der Waals surface area (Å²) in [6.07, 6.45) is 10.4. The van der Waals surface area contributed by atoms with Crippen molar-refractivity contribution in [3.05, 3.63) is 22.8 Å². The highest BCUT2D eigenvalue weighted by atomic mass is 16.5. The number of hydrogen-bond donors (Lipinski definition) is 0. The molecule has 0 amide bonds. The lowest BCUT2D eigenvalue weighted by atomic mass is 9.47. The van der Waals surface area contributed by atoms with Crippen molar-refractivity contribution in [1.82, 2.24) is 0 Å². The molecular weight excluding hydrogens is 390 g/mol. The van der Waals surface area contributed by atoms with Gasteiger partial charge in [0.1, 0.15) is 17.7 Å². The Labute approximate surface area is 185 Å². The molecule has 0 spiro atoms. The van der Waals surface area contributed by atoms with Gasteiger partial charge in [-0.3, -0.25) is 4.79 Å². The fourth-order valence-corrected chi connectivity index (χ4v) is 7.63. The second-order valence-electron chi connectivity index (χ2n) is 10.4. The molecule has 4 rings (SSSR count). The highest BCUT2D eigenvalue weighted by molar-refractivity contribution is 5.94. The molecule has 168 valence electrons. The van der Waals surface area contributed by atoms with Gasteiger partial charge in [0, 0.05) is 13.3 Å². The van der Waals surface area contributed by atoms with Crippen LogP contribution in [0.5, 0.6) is 0 Å². The first-order valence-electron chi connectivity index (χ1n) is 11.9. The summed E-state index contributed by atoms with van der Waals surface area (Å²) in [6, 6.07) is 2.18. The normalized spacial score (nSPS) is 40.4. The molecular formula is C26H35NO4. The van der Waals surface area contributed by atoms with Crippen LogP contribution in [0, 0.1) is 39.9 Å². The SMILES string of the molecule is CCOC(=O)/C(C#N)=C1\CC[C@H]2[C@@H]3CC=C4CC(OC(C)=O)CC[C@]4(C)[C@H]3CC[C@]12C. The van der Waals surface area contributed by atoms with E-state index in [1.807, 2.05) is 0 Å². The average molecular weight is 426 g/mol. The highest BCUT2D eigenvalue weighted by Gasteiger charge is 2.58. The quantitative estimate of drug-likeness (QED) is 0.267. The number of fused-ring (bicyclic) bond motifs is 5. The molecule has 0 aromatic carbocycles. The van der Waals surface area contributed by atoms with E-state index in [-0.39, 0.29) is 28.5 Å². The molecule has 6 atom stereocenters. The Morgan fingerprint density at radius 1 is 1.16 bits per heavy atom. The molecule has 0 bridgehead atoms. The lowest BCUT2D eigenvalue weighted by Crippen LogP contribution is -2.50. The van der Waals surface area contributed by atoms with Crippen molar-refractivity contribution in [2.24, 2.45) is 28.6 Å². The van der Waals surface area contributed by atoms with Crippen LogP contribution in [-0.2, 0) is 19.1 Å². The summed E-state index contributed by atoms with van der Waals surface area (Å²) in [5.41, 5.74) is 2.86. The predicted octanol–water partition coefficient (Wildman–Crippen LogP) is 5.26. The summed E-state index contributed by atoms with van der Waals surface area (Å²) in [5.74, 6) is 1.07. The van der Waals surface area contributed by atoms with Gasteiger partial charge in [0.25, 0.3) is 0 Å². The van der Waals surface area contributed by atoms with E-state index in [4.69, 9.17) is 9.47 Å². The van der Waals surface area contributed by atoms with E-state index in [0.717, 1.165) is 56.9 Å². The molecule has 4 aliphatic carbocycles. The van der Waals surface area contributed by atoms with Gasteiger partial charge in [-0.2, -0.15) is 5.26 Å². The third kappa shape index (κ3) is 3.52. The van der Waals surface area contributed by atoms with Crippen molar-refractivity contribution in [1.29, 1.82) is 5.26 Å². The number of nitriles is 1. The van der Waals surface area contributed by atoms with Gasteiger partial charge < -0.3 is 9.47 Å². The van der Waals surface area contributed by atoms with E-state index in [1.165, 1.54) is 12.5 Å². The van der Waals surface area contributed by atoms with Gasteiger partial charge in [0.2, 0.25) is 0 Å². The van der Waals surface area contributed by atoms with E-state index < -0.39 is 5.97 Å². The molecule has 0 aromatic heterocycles. The Morgan fingerprint density at radius 2 is 1.87 bits per heavy atom. The smallest absolute Gasteiger partial charge is 0.348 e. The van der Waals surface area contributed by atoms with Crippen LogP contribution < -0.4 is 0 Å². The first-order valence-corrected chi connectivity index (χ1v) is 11.9. The van der Waals surface area contributed by atoms with Crippen molar-refractivity contribution in [3.8, 4) is 6.07 Å². The number of carbonyl (C=O) groups excluding carboxylic acids is 2. The average Bonchev–Trinajstić information content (AvgIpc) is 3.06. The number of ether oxygens (including phenoxy) is 2. The van der Waals surface area contributed by atoms with Gasteiger partial charge in [0.15, 0.2) is 0 Å². The zero-order valence-electron chi connectivity index (χ0n) is 19.3. The number of hydrogen-bond acceptors (Lipinski definition) is 5. The Balaban J connectivity index is 1.62. The number of nitrogens with zero attached hydrogens (tertiary/aromatic N) is 1. The summed E-state index contributed by atoms with van der Waals surface area (Å²) in [7, 11) is 0. The van der Waals surface area contributed by atoms with E-state index >= 15 is 0 Å². The lowest BCUT2D eigenvalue weighted by Gasteiger charge is -2.57. The van der Waals surface area contributed by atoms with Gasteiger partial charge in [-0.25, -0.2) is 4.79 Å². The second-order valence-corrected chi connectivity index (χ2v) is 10.4. The molecule has 5 heteroatoms. The van der Waals surface area contributed by atoms with Gasteiger partial charge >= 0.3 is 11.9 Å². The van der Waals surface area contributed by atoms with Crippen LogP contribution in [0.15, 0.2) is 22.8 Å². The first kappa shape index (κ1) is 22.1. The largest absolute Gasteiger partial charge is 0.462 e. The fourth-order valence-electron chi connectivity index (χ4n) is 7.63. The third-order valence-corrected chi connectivity index (χ3v) is 9.07. The minimum Gasteiger partial charge on any atom is -0.462 e. The number of carbonyl (C=O) groups is 2. The van der Waals surface area contributed by atoms with Crippen LogP contribution in [0.3, 0.4) is 0 Å². The predicted molar refractivity (Wildman–Crippen MR) is 117 cm³/mol. The van der Waals surface area contributed by atoms with E-state index in [9.17, 15) is 14.9 Å². The van der Waals surface area contributed by atoms with Crippen LogP contribution in [0.25, 0.3) is 0 Å². The minimum atomic E-state index is -0.453. The fraction of sp³-hybridized carbons (Fsp3) is 0.731. The highest BCUT2D eigenvalue weighted by Crippen LogP contribution is 2.66. The maximum Gasteiger partial charge on any atom is 0.348 e. The van der Waals surface area contributed by atoms with Crippen LogP contribution >= 0.6 is 0 Å². The number of allylic oxidation sites excluding steroid dienone is 2. The van der Waals surface area contributed by atoms with Crippen molar-refractivity contribution < 1.29 is 19.1 Å². The third-order valence-electron chi connectivity index (χ3n) is 9.07. The molecule has 0 N–H and O–H groups in total. The minimum absolute atomic E-state index is 0.0195. The van der Waals surface area contributed by atoms with Gasteiger partial charge in [-0.1, -0.05) is 25.5 Å². The molecule has 3 saturated carbocycles. The molecule has 3 fully saturated rings. The standard InChI is InChI=1S/C26H35NO4/c1-5-30-24(29)20(15-27)22-9-8-21-19-7-6-17-14-18(31-16(2)28)10-12-25(17,3)23(19)11-13-26(21,22)4/h6,18-19,21,23H,5,7-14H2,1-4H3/b22-20+/t18?,19-,21-,23-,25-,26-/m0/s1. The summed E-state index contributed by atoms with van der Waals surface area (Å²) >= 11 is 0. The molecule has 0 saturated heterocycles. The van der Waals surface area contributed by atoms with Crippen molar-refractivity contribution in [3.63, 3.8) is 0 Å². The van der Waals surface area contributed by atoms with Crippen LogP contribution in [0.2, 0.25) is 0 Å². The summed E-state index contributed by atoms with van der Waals surface area (Å²) in [5, 5.41) is 9.75. The van der Waals surface area contributed by atoms with Gasteiger partial charge in [-0.05, 0) is 86.0 Å². The topological polar surface area (TPSA) is 76.4 Å². The Hall–Kier alpha value is -2.09. The molecule has 0 aromatic rings. The molecule has 5 nitrogen and oxygen atoms in total. The Kier molecular flexibility index (Phi) is 5.79. The molecule has 1 unspecified atom stereocenters. The molecule has 0 heterocycles. The Morgan fingerprint density at radius 3 is 2.55 bits per heavy atom. The zero-order chi connectivity index (χ0) is 22.4. The van der Waals surface area contributed by atoms with Crippen LogP contribution in [-0.4, -0.2) is 24.6 Å². The van der Waals surface area contributed by atoms with Crippen molar-refractivity contribution in [2.75, 3.05) is 6.61 Å². The van der Waals surface area contributed by atoms with E-state index in [2.05, 4.69) is 26.0 Å². The molecule has 4 aliphatic rings. The van der Waals surface area contributed by atoms with Crippen LogP contribution in [0.1, 0.15) is 79.1 Å². The maximum atomic E-state index is 12.5. The van der Waals surface area contributed by atoms with Gasteiger partial charge in [0.05, 0.1) is 6.61 Å². The first-order chi connectivity index (χ1) is 14.7. The summed E-state index contributed by atoms with van der Waals surface area (Å²) in [4.78, 5) is 23.9. The lowest BCUT2D eigenvalue weighted by molar-refractivity contribution is -0.148. The number of rotatable bonds is 3. The molecule has 0 radical (unpaired) electrons. The molecule has 0 aliphatic heterocycles. The summed E-state index contributed by atoms with van der Waals surface area (Å²) in [6.45, 7) is 8.28. The van der Waals surface area contributed by atoms with E-state index in [1.54, 1.807) is 6.92 Å². The monoisotopic (exact) mass is 425 g/mol. The van der Waals surface area contributed by atoms with Crippen molar-refractivity contribution >= 4 is 11.9 Å². The molecule has 31 heavy (non-hydrogen) atoms. The Bertz CT molecular complexity index is 880. The van der Waals surface area contributed by atoms with E-state index in [0.29, 0.717) is 24.4 Å². The maximum absolute atomic E-state index is 12.5. The summed E-state index contributed by atoms with van der Waals surface area (Å²) < 4.78 is 10.7. The number of esters is 2.